The molecule has 3 nitrogen and oxygen atoms in total. The van der Waals surface area contributed by atoms with Crippen molar-refractivity contribution in [3.8, 4) is 0 Å². The maximum atomic E-state index is 11.7. The van der Waals surface area contributed by atoms with Crippen molar-refractivity contribution in [1.82, 2.24) is 0 Å². The van der Waals surface area contributed by atoms with Crippen LogP contribution in [0.15, 0.2) is 28.7 Å². The number of nitrogens with zero attached hydrogens (tertiary/aromatic N) is 1. The van der Waals surface area contributed by atoms with Gasteiger partial charge in [0.25, 0.3) is 0 Å². The largest absolute Gasteiger partial charge is 0.469 e. The lowest BCUT2D eigenvalue weighted by molar-refractivity contribution is -0.152. The molecule has 1 aromatic carbocycles. The molecule has 0 bridgehead atoms. The lowest BCUT2D eigenvalue weighted by Crippen LogP contribution is -2.43. The molecule has 0 radical (unpaired) electrons. The van der Waals surface area contributed by atoms with Gasteiger partial charge in [-0.25, -0.2) is 0 Å². The van der Waals surface area contributed by atoms with E-state index in [-0.39, 0.29) is 18.8 Å². The van der Waals surface area contributed by atoms with Crippen molar-refractivity contribution in [2.45, 2.75) is 27.2 Å². The van der Waals surface area contributed by atoms with E-state index in [1.807, 2.05) is 19.1 Å². The first kappa shape index (κ1) is 16.0. The molecule has 0 N–H and O–H groups in total. The molecule has 2 rings (SSSR count). The maximum Gasteiger partial charge on any atom is 0.311 e. The number of halogens is 1. The minimum atomic E-state index is -0.322. The molecular weight excluding hydrogens is 306 g/mol. The van der Waals surface area contributed by atoms with Crippen LogP contribution in [-0.2, 0) is 9.53 Å². The van der Waals surface area contributed by atoms with Crippen molar-refractivity contribution in [3.05, 3.63) is 28.7 Å². The average Bonchev–Trinajstić information content (AvgIpc) is 2.38. The van der Waals surface area contributed by atoms with Crippen LogP contribution < -0.4 is 4.90 Å². The summed E-state index contributed by atoms with van der Waals surface area (Å²) in [5.74, 6) is -0.0867. The molecule has 0 saturated carbocycles. The number of hydrogen-bond acceptors (Lipinski definition) is 3. The van der Waals surface area contributed by atoms with E-state index < -0.39 is 0 Å². The van der Waals surface area contributed by atoms with Gasteiger partial charge < -0.3 is 9.64 Å². The van der Waals surface area contributed by atoms with Gasteiger partial charge in [0.05, 0.1) is 12.5 Å². The third-order valence-electron chi connectivity index (χ3n) is 3.72. The first-order valence-corrected chi connectivity index (χ1v) is 6.93. The molecule has 106 valence electrons. The quantitative estimate of drug-likeness (QED) is 0.772. The zero-order chi connectivity index (χ0) is 13.2. The Bertz CT molecular complexity index is 440. The van der Waals surface area contributed by atoms with Gasteiger partial charge in [-0.05, 0) is 38.0 Å². The fourth-order valence-corrected chi connectivity index (χ4v) is 2.77. The van der Waals surface area contributed by atoms with Gasteiger partial charge in [-0.2, -0.15) is 0 Å². The van der Waals surface area contributed by atoms with Gasteiger partial charge in [-0.15, -0.1) is 0 Å². The van der Waals surface area contributed by atoms with E-state index in [0.29, 0.717) is 0 Å². The van der Waals surface area contributed by atoms with Gasteiger partial charge in [0, 0.05) is 23.2 Å². The van der Waals surface area contributed by atoms with Gasteiger partial charge >= 0.3 is 5.97 Å². The molecule has 1 aromatic rings. The highest BCUT2D eigenvalue weighted by atomic mass is 79.9. The number of anilines is 1. The number of benzene rings is 1. The Hall–Kier alpha value is -1.03. The van der Waals surface area contributed by atoms with E-state index in [2.05, 4.69) is 33.0 Å². The fraction of sp³-hybridized carbons (Fsp3) is 0.533. The van der Waals surface area contributed by atoms with Crippen molar-refractivity contribution in [1.29, 1.82) is 0 Å². The molecule has 0 spiro atoms. The minimum absolute atomic E-state index is 0. The number of piperidine rings is 1. The Morgan fingerprint density at radius 3 is 2.53 bits per heavy atom. The molecule has 1 fully saturated rings. The summed E-state index contributed by atoms with van der Waals surface area (Å²) < 4.78 is 5.97. The molecule has 0 aliphatic carbocycles. The van der Waals surface area contributed by atoms with E-state index >= 15 is 0 Å². The number of ether oxygens (including phenoxy) is 1. The Labute approximate surface area is 124 Å². The van der Waals surface area contributed by atoms with Crippen molar-refractivity contribution < 1.29 is 9.53 Å². The van der Waals surface area contributed by atoms with Crippen LogP contribution in [0.5, 0.6) is 0 Å². The smallest absolute Gasteiger partial charge is 0.311 e. The van der Waals surface area contributed by atoms with Crippen molar-refractivity contribution >= 4 is 27.6 Å². The van der Waals surface area contributed by atoms with E-state index in [0.717, 1.165) is 30.4 Å². The van der Waals surface area contributed by atoms with Gasteiger partial charge in [0.15, 0.2) is 0 Å². The van der Waals surface area contributed by atoms with E-state index in [1.165, 1.54) is 12.8 Å². The molecule has 1 heterocycles. The molecule has 0 atom stereocenters. The molecule has 0 amide bonds. The number of carbonyl (C=O) groups is 1. The third kappa shape index (κ3) is 3.50. The van der Waals surface area contributed by atoms with Crippen LogP contribution in [0, 0.1) is 5.41 Å². The van der Waals surface area contributed by atoms with Gasteiger partial charge in [-0.1, -0.05) is 29.4 Å². The monoisotopic (exact) mass is 327 g/mol. The first-order valence-electron chi connectivity index (χ1n) is 6.14. The number of rotatable bonds is 2. The molecule has 4 heteroatoms. The normalized spacial score (nSPS) is 17.5. The topological polar surface area (TPSA) is 29.5 Å². The van der Waals surface area contributed by atoms with Crippen LogP contribution in [0.1, 0.15) is 27.2 Å². The molecule has 1 saturated heterocycles. The number of carbonyl (C=O) groups excluding carboxylic acids is 1. The van der Waals surface area contributed by atoms with Gasteiger partial charge in [-0.3, -0.25) is 4.79 Å². The molecular formula is C15H22BrNO2. The summed E-state index contributed by atoms with van der Waals surface area (Å²) in [5, 5.41) is 0. The molecule has 19 heavy (non-hydrogen) atoms. The summed E-state index contributed by atoms with van der Waals surface area (Å²) in [5.41, 5.74) is 0.883. The summed E-state index contributed by atoms with van der Waals surface area (Å²) in [6, 6.07) is 8.27. The molecule has 1 aliphatic rings. The van der Waals surface area contributed by atoms with Gasteiger partial charge in [0.1, 0.15) is 0 Å². The molecule has 1 aliphatic heterocycles. The summed E-state index contributed by atoms with van der Waals surface area (Å²) in [6.07, 6.45) is 1.68. The lowest BCUT2D eigenvalue weighted by atomic mass is 9.80. The third-order valence-corrected chi connectivity index (χ3v) is 4.21. The van der Waals surface area contributed by atoms with E-state index in [9.17, 15) is 4.79 Å². The second-order valence-corrected chi connectivity index (χ2v) is 5.93. The van der Waals surface area contributed by atoms with Crippen LogP contribution in [0.2, 0.25) is 0 Å². The second-order valence-electron chi connectivity index (χ2n) is 5.02. The van der Waals surface area contributed by atoms with Crippen LogP contribution in [0.3, 0.4) is 0 Å². The number of esters is 1. The minimum Gasteiger partial charge on any atom is -0.469 e. The first-order chi connectivity index (χ1) is 8.55. The lowest BCUT2D eigenvalue weighted by Gasteiger charge is -2.38. The Morgan fingerprint density at radius 1 is 1.37 bits per heavy atom. The van der Waals surface area contributed by atoms with Crippen LogP contribution in [-0.4, -0.2) is 26.2 Å². The van der Waals surface area contributed by atoms with Crippen LogP contribution in [0.25, 0.3) is 0 Å². The van der Waals surface area contributed by atoms with Crippen molar-refractivity contribution in [3.63, 3.8) is 0 Å². The average molecular weight is 328 g/mol. The highest BCUT2D eigenvalue weighted by molar-refractivity contribution is 9.10. The Morgan fingerprint density at radius 2 is 2.00 bits per heavy atom. The van der Waals surface area contributed by atoms with E-state index in [4.69, 9.17) is 4.74 Å². The molecule has 0 aromatic heterocycles. The predicted molar refractivity (Wildman–Crippen MR) is 82.4 cm³/mol. The number of hydrogen-bond donors (Lipinski definition) is 0. The fourth-order valence-electron chi connectivity index (χ4n) is 2.38. The van der Waals surface area contributed by atoms with E-state index in [1.54, 1.807) is 0 Å². The SMILES string of the molecule is C.COC(=O)C1(C)CCN(c2cccc(Br)c2)CC1. The maximum absolute atomic E-state index is 11.7. The van der Waals surface area contributed by atoms with Crippen molar-refractivity contribution in [2.24, 2.45) is 5.41 Å². The highest BCUT2D eigenvalue weighted by Crippen LogP contribution is 2.34. The summed E-state index contributed by atoms with van der Waals surface area (Å²) >= 11 is 3.48. The zero-order valence-corrected chi connectivity index (χ0v) is 12.4. The highest BCUT2D eigenvalue weighted by Gasteiger charge is 2.37. The second kappa shape index (κ2) is 6.42. The molecule has 0 unspecified atom stereocenters. The Kier molecular flexibility index (Phi) is 5.41. The van der Waals surface area contributed by atoms with Crippen LogP contribution >= 0.6 is 15.9 Å². The number of methoxy groups -OCH3 is 1. The summed E-state index contributed by atoms with van der Waals surface area (Å²) in [6.45, 7) is 3.78. The van der Waals surface area contributed by atoms with Crippen LogP contribution in [0.4, 0.5) is 5.69 Å². The van der Waals surface area contributed by atoms with Gasteiger partial charge in [0.2, 0.25) is 0 Å². The zero-order valence-electron chi connectivity index (χ0n) is 10.8. The predicted octanol–water partition coefficient (Wildman–Crippen LogP) is 3.86. The summed E-state index contributed by atoms with van der Waals surface area (Å²) in [7, 11) is 1.47. The Balaban J connectivity index is 0.00000180. The van der Waals surface area contributed by atoms with Crippen molar-refractivity contribution in [2.75, 3.05) is 25.1 Å². The summed E-state index contributed by atoms with van der Waals surface area (Å²) in [4.78, 5) is 14.1. The standard InChI is InChI=1S/C14H18BrNO2.CH4/c1-14(13(17)18-2)6-8-16(9-7-14)12-5-3-4-11(15)10-12;/h3-5,10H,6-9H2,1-2H3;1H4.